The van der Waals surface area contributed by atoms with Gasteiger partial charge in [-0.1, -0.05) is 48.0 Å². The molecule has 1 aliphatic heterocycles. The number of hydrogen-bond acceptors (Lipinski definition) is 4. The molecule has 0 spiro atoms. The Labute approximate surface area is 199 Å². The van der Waals surface area contributed by atoms with Gasteiger partial charge in [-0.15, -0.1) is 11.3 Å². The van der Waals surface area contributed by atoms with Crippen molar-refractivity contribution in [2.24, 2.45) is 11.7 Å². The van der Waals surface area contributed by atoms with Crippen LogP contribution in [0.15, 0.2) is 66.2 Å². The summed E-state index contributed by atoms with van der Waals surface area (Å²) in [5, 5.41) is 0. The first-order valence-electron chi connectivity index (χ1n) is 10.3. The quantitative estimate of drug-likeness (QED) is 0.476. The first kappa shape index (κ1) is 23.3. The Morgan fingerprint density at radius 2 is 1.70 bits per heavy atom. The molecule has 0 aliphatic carbocycles. The second-order valence-electron chi connectivity index (χ2n) is 7.89. The van der Waals surface area contributed by atoms with Crippen LogP contribution in [0.2, 0.25) is 4.34 Å². The molecule has 3 aromatic rings. The van der Waals surface area contributed by atoms with Gasteiger partial charge in [-0.05, 0) is 48.7 Å². The van der Waals surface area contributed by atoms with E-state index < -0.39 is 35.4 Å². The Morgan fingerprint density at radius 1 is 1.03 bits per heavy atom. The predicted molar refractivity (Wildman–Crippen MR) is 126 cm³/mol. The highest BCUT2D eigenvalue weighted by Gasteiger charge is 2.41. The van der Waals surface area contributed by atoms with Crippen LogP contribution in [-0.4, -0.2) is 23.3 Å². The highest BCUT2D eigenvalue weighted by Crippen LogP contribution is 2.38. The number of nitrogens with zero attached hydrogens (tertiary/aromatic N) is 1. The zero-order valence-electron chi connectivity index (χ0n) is 17.7. The number of halogens is 3. The van der Waals surface area contributed by atoms with Crippen molar-refractivity contribution in [3.05, 3.63) is 98.2 Å². The minimum absolute atomic E-state index is 0.0617. The number of carbonyl (C=O) groups excluding carboxylic acids is 2. The summed E-state index contributed by atoms with van der Waals surface area (Å²) in [6.07, 6.45) is -0.212. The summed E-state index contributed by atoms with van der Waals surface area (Å²) in [6.45, 7) is 1.59. The van der Waals surface area contributed by atoms with Gasteiger partial charge in [-0.3, -0.25) is 14.5 Å². The topological polar surface area (TPSA) is 63.4 Å². The summed E-state index contributed by atoms with van der Waals surface area (Å²) in [6, 6.07) is 15.4. The highest BCUT2D eigenvalue weighted by atomic mass is 35.5. The SMILES string of the molecule is CC1=C(c2ccc(Cl)s2)C(=O)N(C[C@H](N)c2ccccc2)C(=O)C1Cc1c(F)cccc1F. The van der Waals surface area contributed by atoms with Crippen LogP contribution in [0.4, 0.5) is 8.78 Å². The summed E-state index contributed by atoms with van der Waals surface area (Å²) >= 11 is 7.30. The minimum atomic E-state index is -0.923. The standard InChI is InChI=1S/C25H21ClF2N2O2S/c1-14-16(12-17-18(27)8-5-9-19(17)28)24(31)30(13-20(29)15-6-3-2-4-7-15)25(32)23(14)21-10-11-22(26)33-21/h2-11,16,20H,12-13,29H2,1H3/t16?,20-/m0/s1. The van der Waals surface area contributed by atoms with E-state index in [9.17, 15) is 18.4 Å². The Balaban J connectivity index is 1.76. The van der Waals surface area contributed by atoms with E-state index in [1.54, 1.807) is 19.1 Å². The van der Waals surface area contributed by atoms with Crippen molar-refractivity contribution < 1.29 is 18.4 Å². The van der Waals surface area contributed by atoms with Crippen molar-refractivity contribution in [2.45, 2.75) is 19.4 Å². The lowest BCUT2D eigenvalue weighted by Gasteiger charge is -2.34. The zero-order chi connectivity index (χ0) is 23.7. The summed E-state index contributed by atoms with van der Waals surface area (Å²) in [7, 11) is 0. The van der Waals surface area contributed by atoms with E-state index in [4.69, 9.17) is 17.3 Å². The molecule has 170 valence electrons. The third-order valence-electron chi connectivity index (χ3n) is 5.84. The normalized spacial score (nSPS) is 17.6. The maximum Gasteiger partial charge on any atom is 0.261 e. The molecule has 1 aliphatic rings. The second-order valence-corrected chi connectivity index (χ2v) is 9.60. The second kappa shape index (κ2) is 9.55. The molecule has 0 saturated carbocycles. The monoisotopic (exact) mass is 486 g/mol. The van der Waals surface area contributed by atoms with Crippen LogP contribution >= 0.6 is 22.9 Å². The van der Waals surface area contributed by atoms with Crippen LogP contribution in [0, 0.1) is 17.6 Å². The number of amides is 2. The molecule has 4 rings (SSSR count). The van der Waals surface area contributed by atoms with Crippen LogP contribution in [0.3, 0.4) is 0 Å². The first-order valence-corrected chi connectivity index (χ1v) is 11.5. The lowest BCUT2D eigenvalue weighted by atomic mass is 9.84. The van der Waals surface area contributed by atoms with Gasteiger partial charge in [0.05, 0.1) is 15.8 Å². The fraction of sp³-hybridized carbons (Fsp3) is 0.200. The van der Waals surface area contributed by atoms with Gasteiger partial charge >= 0.3 is 0 Å². The molecule has 2 aromatic carbocycles. The number of hydrogen-bond donors (Lipinski definition) is 1. The minimum Gasteiger partial charge on any atom is -0.322 e. The Kier molecular flexibility index (Phi) is 6.74. The molecular formula is C25H21ClF2N2O2S. The average molecular weight is 487 g/mol. The van der Waals surface area contributed by atoms with Gasteiger partial charge in [0.15, 0.2) is 0 Å². The van der Waals surface area contributed by atoms with Gasteiger partial charge in [0.2, 0.25) is 5.91 Å². The number of rotatable bonds is 6. The molecular weight excluding hydrogens is 466 g/mol. The largest absolute Gasteiger partial charge is 0.322 e. The van der Waals surface area contributed by atoms with Crippen LogP contribution in [0.1, 0.15) is 29.0 Å². The van der Waals surface area contributed by atoms with Crippen LogP contribution < -0.4 is 5.73 Å². The van der Waals surface area contributed by atoms with Crippen LogP contribution in [-0.2, 0) is 16.0 Å². The van der Waals surface area contributed by atoms with Crippen molar-refractivity contribution in [1.29, 1.82) is 0 Å². The molecule has 0 saturated heterocycles. The average Bonchev–Trinajstić information content (AvgIpc) is 3.22. The fourth-order valence-corrected chi connectivity index (χ4v) is 5.19. The van der Waals surface area contributed by atoms with Gasteiger partial charge in [-0.25, -0.2) is 8.78 Å². The molecule has 0 bridgehead atoms. The zero-order valence-corrected chi connectivity index (χ0v) is 19.3. The molecule has 2 amide bonds. The van der Waals surface area contributed by atoms with Gasteiger partial charge in [-0.2, -0.15) is 0 Å². The summed E-state index contributed by atoms with van der Waals surface area (Å²) in [5.74, 6) is -3.42. The molecule has 0 radical (unpaired) electrons. The lowest BCUT2D eigenvalue weighted by Crippen LogP contribution is -2.49. The summed E-state index contributed by atoms with van der Waals surface area (Å²) in [4.78, 5) is 28.6. The van der Waals surface area contributed by atoms with Crippen molar-refractivity contribution in [3.8, 4) is 0 Å². The molecule has 0 fully saturated rings. The smallest absolute Gasteiger partial charge is 0.261 e. The van der Waals surface area contributed by atoms with Gasteiger partial charge in [0.1, 0.15) is 11.6 Å². The van der Waals surface area contributed by atoms with E-state index >= 15 is 0 Å². The Morgan fingerprint density at radius 3 is 2.30 bits per heavy atom. The number of nitrogens with two attached hydrogens (primary N) is 1. The van der Waals surface area contributed by atoms with Crippen molar-refractivity contribution in [2.75, 3.05) is 6.54 Å². The molecule has 2 atom stereocenters. The third kappa shape index (κ3) is 4.62. The Bertz CT molecular complexity index is 1220. The van der Waals surface area contributed by atoms with E-state index in [0.29, 0.717) is 20.4 Å². The highest BCUT2D eigenvalue weighted by molar-refractivity contribution is 7.17. The lowest BCUT2D eigenvalue weighted by molar-refractivity contribution is -0.145. The van der Waals surface area contributed by atoms with Crippen molar-refractivity contribution in [1.82, 2.24) is 4.90 Å². The molecule has 33 heavy (non-hydrogen) atoms. The molecule has 2 N–H and O–H groups in total. The maximum absolute atomic E-state index is 14.4. The van der Waals surface area contributed by atoms with E-state index in [-0.39, 0.29) is 18.5 Å². The molecule has 2 heterocycles. The molecule has 8 heteroatoms. The van der Waals surface area contributed by atoms with E-state index in [1.807, 2.05) is 30.3 Å². The van der Waals surface area contributed by atoms with Crippen molar-refractivity contribution in [3.63, 3.8) is 0 Å². The van der Waals surface area contributed by atoms with E-state index in [0.717, 1.165) is 22.6 Å². The fourth-order valence-electron chi connectivity index (χ4n) is 4.05. The Hall–Kier alpha value is -2.87. The molecule has 1 unspecified atom stereocenters. The summed E-state index contributed by atoms with van der Waals surface area (Å²) in [5.41, 5.74) is 7.66. The van der Waals surface area contributed by atoms with Gasteiger partial charge in [0, 0.05) is 23.0 Å². The van der Waals surface area contributed by atoms with Crippen molar-refractivity contribution >= 4 is 40.3 Å². The number of benzene rings is 2. The van der Waals surface area contributed by atoms with Gasteiger partial charge < -0.3 is 5.73 Å². The molecule has 1 aromatic heterocycles. The predicted octanol–water partition coefficient (Wildman–Crippen LogP) is 5.38. The number of thiophene rings is 1. The van der Waals surface area contributed by atoms with Crippen LogP contribution in [0.25, 0.3) is 5.57 Å². The first-order chi connectivity index (χ1) is 15.8. The number of carbonyl (C=O) groups is 2. The maximum atomic E-state index is 14.4. The van der Waals surface area contributed by atoms with E-state index in [2.05, 4.69) is 0 Å². The molecule has 4 nitrogen and oxygen atoms in total. The van der Waals surface area contributed by atoms with E-state index in [1.165, 1.54) is 17.4 Å². The van der Waals surface area contributed by atoms with Crippen LogP contribution in [0.5, 0.6) is 0 Å². The van der Waals surface area contributed by atoms with Gasteiger partial charge in [0.25, 0.3) is 5.91 Å². The summed E-state index contributed by atoms with van der Waals surface area (Å²) < 4.78 is 29.3. The number of imide groups is 1. The third-order valence-corrected chi connectivity index (χ3v) is 7.09.